The van der Waals surface area contributed by atoms with E-state index in [2.05, 4.69) is 96.1 Å². The smallest absolute Gasteiger partial charge is 0.164 e. The van der Waals surface area contributed by atoms with Crippen LogP contribution in [0.15, 0.2) is 66.6 Å². The Labute approximate surface area is 339 Å². The van der Waals surface area contributed by atoms with Gasteiger partial charge in [0.25, 0.3) is 0 Å². The molecule has 1 N–H and O–H groups in total. The number of hydrogen-bond acceptors (Lipinski definition) is 5. The number of rotatable bonds is 10. The number of aryl methyl sites for hydroxylation is 1. The number of carbonyl (C=O) groups excluding carboxylic acids is 1. The molecule has 53 heavy (non-hydrogen) atoms. The molecule has 6 aromatic rings. The first-order valence-electron chi connectivity index (χ1n) is 19.1. The van der Waals surface area contributed by atoms with Crippen molar-refractivity contribution in [2.75, 3.05) is 0 Å². The number of thiophene rings is 2. The van der Waals surface area contributed by atoms with Crippen molar-refractivity contribution in [1.82, 2.24) is 4.98 Å². The molecule has 3 nitrogen and oxygen atoms in total. The van der Waals surface area contributed by atoms with Crippen LogP contribution in [0.25, 0.3) is 52.3 Å². The topological polar surface area (TPSA) is 50.2 Å². The zero-order valence-electron chi connectivity index (χ0n) is 33.8. The molecule has 1 radical (unpaired) electrons. The SMILES string of the molecule is CCC(C)(CC)C(=O)/C=C(\O)C(C)(CC)CC.Cc1c(CC(C)C)sc2c1ccc1sc3c(-c4[c-]c5ccccc5c(C(C)(C)C)c4)nccc3c12.[Ir]. The van der Waals surface area contributed by atoms with Crippen molar-refractivity contribution in [3.63, 3.8) is 0 Å². The number of hydrogen-bond donors (Lipinski definition) is 1. The summed E-state index contributed by atoms with van der Waals surface area (Å²) >= 11 is 3.86. The van der Waals surface area contributed by atoms with Crippen LogP contribution in [0.3, 0.4) is 0 Å². The molecule has 0 saturated carbocycles. The van der Waals surface area contributed by atoms with Crippen LogP contribution in [-0.4, -0.2) is 15.9 Å². The average Bonchev–Trinajstić information content (AvgIpc) is 3.66. The van der Waals surface area contributed by atoms with Gasteiger partial charge in [0.1, 0.15) is 5.76 Å². The number of fused-ring (bicyclic) bond motifs is 6. The van der Waals surface area contributed by atoms with Gasteiger partial charge in [0.05, 0.1) is 0 Å². The maximum Gasteiger partial charge on any atom is 0.164 e. The van der Waals surface area contributed by atoms with Gasteiger partial charge in [-0.2, -0.15) is 0 Å². The fourth-order valence-corrected chi connectivity index (χ4v) is 9.79. The van der Waals surface area contributed by atoms with Crippen LogP contribution in [0.5, 0.6) is 0 Å². The third-order valence-corrected chi connectivity index (χ3v) is 14.1. The summed E-state index contributed by atoms with van der Waals surface area (Å²) in [6.07, 6.45) is 7.88. The first kappa shape index (κ1) is 42.8. The summed E-state index contributed by atoms with van der Waals surface area (Å²) in [7, 11) is 0. The van der Waals surface area contributed by atoms with Crippen molar-refractivity contribution in [2.45, 2.75) is 121 Å². The molecule has 0 aliphatic carbocycles. The summed E-state index contributed by atoms with van der Waals surface area (Å²) in [5, 5.41) is 16.7. The van der Waals surface area contributed by atoms with Crippen LogP contribution in [0.1, 0.15) is 118 Å². The van der Waals surface area contributed by atoms with Gasteiger partial charge >= 0.3 is 0 Å². The zero-order valence-corrected chi connectivity index (χ0v) is 37.9. The molecular formula is C47H58IrNO2S2-. The molecule has 0 fully saturated rings. The predicted molar refractivity (Wildman–Crippen MR) is 229 cm³/mol. The van der Waals surface area contributed by atoms with Crippen molar-refractivity contribution in [3.8, 4) is 11.3 Å². The maximum atomic E-state index is 12.2. The third-order valence-electron chi connectivity index (χ3n) is 11.6. The van der Waals surface area contributed by atoms with Gasteiger partial charge in [-0.15, -0.1) is 51.8 Å². The molecule has 6 rings (SSSR count). The molecule has 285 valence electrons. The number of pyridine rings is 1. The van der Waals surface area contributed by atoms with Gasteiger partial charge in [-0.05, 0) is 78.8 Å². The quantitative estimate of drug-likeness (QED) is 0.0846. The Morgan fingerprint density at radius 1 is 0.849 bits per heavy atom. The second-order valence-corrected chi connectivity index (χ2v) is 18.7. The van der Waals surface area contributed by atoms with E-state index in [-0.39, 0.29) is 47.9 Å². The summed E-state index contributed by atoms with van der Waals surface area (Å²) in [6.45, 7) is 25.9. The van der Waals surface area contributed by atoms with Crippen molar-refractivity contribution in [3.05, 3.63) is 88.6 Å². The number of aliphatic hydroxyl groups is 1. The summed E-state index contributed by atoms with van der Waals surface area (Å²) in [6, 6.07) is 21.5. The van der Waals surface area contributed by atoms with Gasteiger partial charge in [0, 0.05) is 73.3 Å². The Morgan fingerprint density at radius 2 is 1.49 bits per heavy atom. The molecule has 0 unspecified atom stereocenters. The van der Waals surface area contributed by atoms with E-state index >= 15 is 0 Å². The van der Waals surface area contributed by atoms with E-state index in [1.165, 1.54) is 57.7 Å². The summed E-state index contributed by atoms with van der Waals surface area (Å²) in [4.78, 5) is 18.6. The number of benzene rings is 3. The van der Waals surface area contributed by atoms with E-state index in [9.17, 15) is 9.90 Å². The molecule has 3 aromatic heterocycles. The molecule has 0 atom stereocenters. The van der Waals surface area contributed by atoms with E-state index in [0.717, 1.165) is 48.7 Å². The molecule has 3 heterocycles. The normalized spacial score (nSPS) is 12.8. The van der Waals surface area contributed by atoms with Crippen LogP contribution in [-0.2, 0) is 36.7 Å². The number of ketones is 1. The van der Waals surface area contributed by atoms with Gasteiger partial charge in [-0.3, -0.25) is 9.78 Å². The van der Waals surface area contributed by atoms with Gasteiger partial charge in [0.2, 0.25) is 0 Å². The van der Waals surface area contributed by atoms with E-state index in [0.29, 0.717) is 5.92 Å². The van der Waals surface area contributed by atoms with E-state index < -0.39 is 0 Å². The van der Waals surface area contributed by atoms with Crippen LogP contribution in [0.4, 0.5) is 0 Å². The second-order valence-electron chi connectivity index (χ2n) is 16.5. The molecule has 0 bridgehead atoms. The summed E-state index contributed by atoms with van der Waals surface area (Å²) in [5.41, 5.74) is 4.36. The Hall–Kier alpha value is -2.89. The Bertz CT molecular complexity index is 2260. The first-order chi connectivity index (χ1) is 24.5. The maximum absolute atomic E-state index is 12.2. The molecule has 0 aliphatic rings. The number of aliphatic hydroxyl groups excluding tert-OH is 1. The van der Waals surface area contributed by atoms with Gasteiger partial charge in [-0.1, -0.05) is 111 Å². The monoisotopic (exact) mass is 925 g/mol. The van der Waals surface area contributed by atoms with E-state index in [1.54, 1.807) is 0 Å². The molecular weight excluding hydrogens is 867 g/mol. The Balaban J connectivity index is 0.000000299. The van der Waals surface area contributed by atoms with Crippen LogP contribution >= 0.6 is 22.7 Å². The molecule has 0 spiro atoms. The largest absolute Gasteiger partial charge is 0.512 e. The average molecular weight is 925 g/mol. The minimum atomic E-state index is -0.337. The van der Waals surface area contributed by atoms with E-state index in [4.69, 9.17) is 4.98 Å². The minimum absolute atomic E-state index is 0. The van der Waals surface area contributed by atoms with Gasteiger partial charge in [-0.25, -0.2) is 0 Å². The third kappa shape index (κ3) is 8.52. The summed E-state index contributed by atoms with van der Waals surface area (Å²) < 4.78 is 4.03. The van der Waals surface area contributed by atoms with Gasteiger partial charge in [0.15, 0.2) is 5.78 Å². The number of allylic oxidation sites excluding steroid dienone is 2. The second kappa shape index (κ2) is 16.9. The molecule has 3 aromatic carbocycles. The fraction of sp³-hybridized carbons (Fsp3) is 0.447. The van der Waals surface area contributed by atoms with Crippen molar-refractivity contribution in [1.29, 1.82) is 0 Å². The Morgan fingerprint density at radius 3 is 2.09 bits per heavy atom. The number of aromatic nitrogens is 1. The Kier molecular flexibility index (Phi) is 13.6. The predicted octanol–water partition coefficient (Wildman–Crippen LogP) is 14.7. The number of nitrogens with zero attached hydrogens (tertiary/aromatic N) is 1. The van der Waals surface area contributed by atoms with Crippen LogP contribution in [0, 0.1) is 29.7 Å². The first-order valence-corrected chi connectivity index (χ1v) is 20.8. The van der Waals surface area contributed by atoms with Crippen LogP contribution < -0.4 is 0 Å². The molecule has 0 saturated heterocycles. The van der Waals surface area contributed by atoms with E-state index in [1.807, 2.05) is 70.4 Å². The van der Waals surface area contributed by atoms with Crippen molar-refractivity contribution < 1.29 is 30.0 Å². The summed E-state index contributed by atoms with van der Waals surface area (Å²) in [5.74, 6) is 0.946. The molecule has 0 amide bonds. The zero-order chi connectivity index (χ0) is 38.2. The van der Waals surface area contributed by atoms with Gasteiger partial charge < -0.3 is 5.11 Å². The standard InChI is InChI=1S/C32H30NS2.C15H28O2.Ir/c1-18(2)15-27-19(3)22-11-12-26-28(30(22)35-27)24-13-14-33-29(31(24)34-26)21-16-20-9-7-8-10-23(20)25(17-21)32(4,5)6;1-7-14(5,8-2)12(16)11-13(17)15(6,9-3)10-4;/h7-14,17-18H,15H2,1-6H3;11,16H,7-10H2,1-6H3;/q-1;;/b;12-11-;. The van der Waals surface area contributed by atoms with Crippen molar-refractivity contribution >= 4 is 69.5 Å². The van der Waals surface area contributed by atoms with Crippen LogP contribution in [0.2, 0.25) is 0 Å². The van der Waals surface area contributed by atoms with Crippen molar-refractivity contribution in [2.24, 2.45) is 16.7 Å². The molecule has 0 aliphatic heterocycles. The minimum Gasteiger partial charge on any atom is -0.512 e. The fourth-order valence-electron chi connectivity index (χ4n) is 6.93. The number of carbonyl (C=O) groups is 1. The molecule has 6 heteroatoms.